The number of nitrogen functional groups attached to an aromatic ring is 1. The molecule has 7 N–H and O–H groups in total. The Bertz CT molecular complexity index is 1500. The average molecular weight is 686 g/mol. The third-order valence-electron chi connectivity index (χ3n) is 8.08. The number of hydrogen-bond donors (Lipinski definition) is 6. The average Bonchev–Trinajstić information content (AvgIpc) is 3.62. The number of nitrogens with two attached hydrogens (primary N) is 1. The molecule has 1 aliphatic carbocycles. The molecule has 46 heavy (non-hydrogen) atoms. The van der Waals surface area contributed by atoms with Crippen LogP contribution in [0.5, 0.6) is 11.5 Å². The number of aliphatic hydroxyl groups excluding tert-OH is 4. The van der Waals surface area contributed by atoms with Gasteiger partial charge in [-0.15, -0.1) is 0 Å². The number of carbonyl (C=O) groups excluding carboxylic acids is 1. The Morgan fingerprint density at radius 2 is 1.72 bits per heavy atom. The molecule has 2 aromatic carbocycles. The molecule has 1 saturated carbocycles. The van der Waals surface area contributed by atoms with Crippen molar-refractivity contribution in [2.75, 3.05) is 19.1 Å². The second-order valence-corrected chi connectivity index (χ2v) is 12.1. The van der Waals surface area contributed by atoms with Gasteiger partial charge in [-0.05, 0) is 67.5 Å². The zero-order valence-corrected chi connectivity index (χ0v) is 26.3. The van der Waals surface area contributed by atoms with Crippen LogP contribution in [0.2, 0.25) is 10.0 Å². The van der Waals surface area contributed by atoms with Crippen molar-refractivity contribution in [2.24, 2.45) is 0 Å². The molecule has 0 bridgehead atoms. The summed E-state index contributed by atoms with van der Waals surface area (Å²) in [5.74, 6) is -0.110. The number of carbonyl (C=O) groups is 1. The number of halogens is 3. The van der Waals surface area contributed by atoms with Crippen LogP contribution in [-0.2, 0) is 19.0 Å². The summed E-state index contributed by atoms with van der Waals surface area (Å²) in [6, 6.07) is 8.12. The Morgan fingerprint density at radius 1 is 1.02 bits per heavy atom. The number of anilines is 1. The second kappa shape index (κ2) is 14.4. The predicted octanol–water partition coefficient (Wildman–Crippen LogP) is 2.13. The number of ether oxygens (including phenoxy) is 5. The van der Waals surface area contributed by atoms with E-state index >= 15 is 4.39 Å². The molecule has 0 unspecified atom stereocenters. The Hall–Kier alpha value is -2.98. The minimum atomic E-state index is -1.88. The lowest BCUT2D eigenvalue weighted by molar-refractivity contribution is -0.155. The van der Waals surface area contributed by atoms with E-state index in [0.29, 0.717) is 26.9 Å². The van der Waals surface area contributed by atoms with Gasteiger partial charge in [0.15, 0.2) is 6.17 Å². The molecule has 2 saturated heterocycles. The van der Waals surface area contributed by atoms with Crippen LogP contribution in [0.3, 0.4) is 0 Å². The first-order valence-corrected chi connectivity index (χ1v) is 15.2. The molecule has 2 aromatic rings. The SMILES string of the molecule is C/C(=C/COc1ccc(Cl)cc1Cl)[C@H]1O[C@@H](Oc2ccc(/C=C(\C)C(=O)N[C@@H]3[C@H](O)[C@@H](O)[C@H]4OCO[C@H]4[C@@H]3O)cc2N)[C@H](F)[C@@H]1O. The summed E-state index contributed by atoms with van der Waals surface area (Å²) in [5.41, 5.74) is 7.48. The highest BCUT2D eigenvalue weighted by atomic mass is 35.5. The maximum atomic E-state index is 15.0. The van der Waals surface area contributed by atoms with Crippen molar-refractivity contribution in [2.45, 2.75) is 75.1 Å². The molecule has 0 radical (unpaired) electrons. The van der Waals surface area contributed by atoms with E-state index in [4.69, 9.17) is 52.6 Å². The number of benzene rings is 2. The maximum absolute atomic E-state index is 15.0. The normalized spacial score (nSPS) is 33.1. The monoisotopic (exact) mass is 684 g/mol. The van der Waals surface area contributed by atoms with Crippen molar-refractivity contribution in [3.8, 4) is 11.5 Å². The molecular formula is C31H35Cl2FN2O10. The molecule has 3 aliphatic rings. The zero-order valence-electron chi connectivity index (χ0n) is 24.8. The van der Waals surface area contributed by atoms with Crippen LogP contribution < -0.4 is 20.5 Å². The topological polar surface area (TPSA) is 182 Å². The van der Waals surface area contributed by atoms with E-state index in [0.717, 1.165) is 0 Å². The van der Waals surface area contributed by atoms with E-state index in [-0.39, 0.29) is 30.4 Å². The van der Waals surface area contributed by atoms with Crippen LogP contribution >= 0.6 is 23.2 Å². The molecule has 250 valence electrons. The molecule has 12 nitrogen and oxygen atoms in total. The summed E-state index contributed by atoms with van der Waals surface area (Å²) in [7, 11) is 0. The lowest BCUT2D eigenvalue weighted by Crippen LogP contribution is -2.67. The summed E-state index contributed by atoms with van der Waals surface area (Å²) in [6.07, 6.45) is -8.69. The van der Waals surface area contributed by atoms with Crippen molar-refractivity contribution in [3.63, 3.8) is 0 Å². The molecule has 10 atom stereocenters. The fourth-order valence-electron chi connectivity index (χ4n) is 5.49. The lowest BCUT2D eigenvalue weighted by Gasteiger charge is -2.41. The summed E-state index contributed by atoms with van der Waals surface area (Å²) in [5, 5.41) is 45.2. The quantitative estimate of drug-likeness (QED) is 0.129. The zero-order chi connectivity index (χ0) is 33.3. The van der Waals surface area contributed by atoms with E-state index in [2.05, 4.69) is 5.32 Å². The summed E-state index contributed by atoms with van der Waals surface area (Å²) >= 11 is 12.0. The van der Waals surface area contributed by atoms with Gasteiger partial charge < -0.3 is 55.2 Å². The summed E-state index contributed by atoms with van der Waals surface area (Å²) in [4.78, 5) is 12.9. The van der Waals surface area contributed by atoms with Crippen molar-refractivity contribution < 1.29 is 53.3 Å². The fraction of sp³-hybridized carbons (Fsp3) is 0.452. The Morgan fingerprint density at radius 3 is 2.41 bits per heavy atom. The van der Waals surface area contributed by atoms with Gasteiger partial charge in [0.05, 0.1) is 16.8 Å². The number of alkyl halides is 1. The van der Waals surface area contributed by atoms with E-state index in [1.54, 1.807) is 37.3 Å². The highest BCUT2D eigenvalue weighted by molar-refractivity contribution is 6.35. The minimum Gasteiger partial charge on any atom is -0.488 e. The number of fused-ring (bicyclic) bond motifs is 1. The van der Waals surface area contributed by atoms with Gasteiger partial charge in [-0.2, -0.15) is 0 Å². The summed E-state index contributed by atoms with van der Waals surface area (Å²) in [6.45, 7) is 3.11. The summed E-state index contributed by atoms with van der Waals surface area (Å²) < 4.78 is 42.5. The maximum Gasteiger partial charge on any atom is 0.247 e. The third-order valence-corrected chi connectivity index (χ3v) is 8.61. The Kier molecular flexibility index (Phi) is 10.8. The number of nitrogens with one attached hydrogen (secondary N) is 1. The van der Waals surface area contributed by atoms with E-state index < -0.39 is 67.1 Å². The molecule has 2 aliphatic heterocycles. The first-order chi connectivity index (χ1) is 21.8. The number of hydrogen-bond acceptors (Lipinski definition) is 11. The predicted molar refractivity (Wildman–Crippen MR) is 165 cm³/mol. The molecule has 5 rings (SSSR count). The Labute approximate surface area is 274 Å². The van der Waals surface area contributed by atoms with Crippen LogP contribution in [0.15, 0.2) is 53.6 Å². The molecular weight excluding hydrogens is 650 g/mol. The van der Waals surface area contributed by atoms with Gasteiger partial charge in [0.25, 0.3) is 0 Å². The van der Waals surface area contributed by atoms with Crippen LogP contribution in [0, 0.1) is 0 Å². The van der Waals surface area contributed by atoms with Gasteiger partial charge in [0, 0.05) is 10.6 Å². The molecule has 3 fully saturated rings. The highest BCUT2D eigenvalue weighted by Gasteiger charge is 2.53. The van der Waals surface area contributed by atoms with Crippen molar-refractivity contribution in [1.82, 2.24) is 5.32 Å². The van der Waals surface area contributed by atoms with Crippen LogP contribution in [0.1, 0.15) is 19.4 Å². The number of rotatable bonds is 9. The van der Waals surface area contributed by atoms with Crippen LogP contribution in [-0.4, -0.2) is 101 Å². The molecule has 1 amide bonds. The van der Waals surface area contributed by atoms with Crippen molar-refractivity contribution in [1.29, 1.82) is 0 Å². The molecule has 15 heteroatoms. The van der Waals surface area contributed by atoms with Crippen LogP contribution in [0.4, 0.5) is 10.1 Å². The van der Waals surface area contributed by atoms with E-state index in [1.165, 1.54) is 25.1 Å². The van der Waals surface area contributed by atoms with Gasteiger partial charge >= 0.3 is 0 Å². The molecule has 0 spiro atoms. The fourth-order valence-corrected chi connectivity index (χ4v) is 5.96. The lowest BCUT2D eigenvalue weighted by atomic mass is 9.83. The number of amides is 1. The van der Waals surface area contributed by atoms with Gasteiger partial charge in [-0.1, -0.05) is 29.3 Å². The van der Waals surface area contributed by atoms with Crippen molar-refractivity contribution >= 4 is 40.9 Å². The number of aliphatic hydroxyl groups is 4. The largest absolute Gasteiger partial charge is 0.488 e. The standard InChI is InChI=1S/C31H35Cl2FN2O10/c1-13(7-8-42-19-6-4-16(32)11-17(19)33)27-23(37)21(34)31(46-27)45-20-5-3-15(10-18(20)35)9-14(2)30(41)36-22-24(38)26(40)29-28(25(22)39)43-12-44-29/h3-7,9-11,21-29,31,37-40H,8,12,35H2,1-2H3,(H,36,41)/b13-7-,14-9+/t21-,22-,23+,24+,25-,26-,27-,28+,29-,31-/m1/s1. The highest BCUT2D eigenvalue weighted by Crippen LogP contribution is 2.34. The van der Waals surface area contributed by atoms with Gasteiger partial charge in [0.1, 0.15) is 67.6 Å². The first kappa shape index (κ1) is 34.4. The van der Waals surface area contributed by atoms with Crippen molar-refractivity contribution in [3.05, 3.63) is 69.2 Å². The smallest absolute Gasteiger partial charge is 0.247 e. The van der Waals surface area contributed by atoms with Gasteiger partial charge in [-0.25, -0.2) is 4.39 Å². The Balaban J connectivity index is 1.18. The van der Waals surface area contributed by atoms with Crippen LogP contribution in [0.25, 0.3) is 6.08 Å². The first-order valence-electron chi connectivity index (χ1n) is 14.4. The minimum absolute atomic E-state index is 0.0791. The third kappa shape index (κ3) is 7.28. The molecule has 2 heterocycles. The van der Waals surface area contributed by atoms with Gasteiger partial charge in [-0.3, -0.25) is 4.79 Å². The molecule has 0 aromatic heterocycles. The van der Waals surface area contributed by atoms with E-state index in [9.17, 15) is 25.2 Å². The second-order valence-electron chi connectivity index (χ2n) is 11.3. The van der Waals surface area contributed by atoms with E-state index in [1.807, 2.05) is 0 Å². The van der Waals surface area contributed by atoms with Gasteiger partial charge in [0.2, 0.25) is 12.2 Å².